The van der Waals surface area contributed by atoms with Crippen molar-refractivity contribution in [3.63, 3.8) is 0 Å². The fraction of sp³-hybridized carbons (Fsp3) is 0.100. The highest BCUT2D eigenvalue weighted by molar-refractivity contribution is 7.71. The van der Waals surface area contributed by atoms with Crippen molar-refractivity contribution in [3.05, 3.63) is 93.0 Å². The van der Waals surface area contributed by atoms with E-state index in [2.05, 4.69) is 30.6 Å². The molecule has 0 amide bonds. The topological polar surface area (TPSA) is 91.9 Å². The van der Waals surface area contributed by atoms with Gasteiger partial charge in [-0.05, 0) is 35.6 Å². The van der Waals surface area contributed by atoms with Crippen LogP contribution in [-0.4, -0.2) is 42.2 Å². The van der Waals surface area contributed by atoms with Crippen LogP contribution in [0, 0.1) is 9.54 Å². The Hall–Kier alpha value is -3.50. The van der Waals surface area contributed by atoms with E-state index in [1.54, 1.807) is 21.8 Å². The summed E-state index contributed by atoms with van der Waals surface area (Å²) in [5.41, 5.74) is 1.95. The molecule has 10 heteroatoms. The summed E-state index contributed by atoms with van der Waals surface area (Å²) < 4.78 is 4.08. The summed E-state index contributed by atoms with van der Waals surface area (Å²) in [6.45, 7) is 0. The van der Waals surface area contributed by atoms with Gasteiger partial charge in [-0.15, -0.1) is 0 Å². The Labute approximate surface area is 182 Å². The molecule has 0 atom stereocenters. The van der Waals surface area contributed by atoms with Crippen molar-refractivity contribution < 1.29 is 0 Å². The number of aromatic nitrogens is 6. The zero-order valence-electron chi connectivity index (χ0n) is 15.8. The van der Waals surface area contributed by atoms with Crippen LogP contribution in [-0.2, 0) is 12.8 Å². The maximum absolute atomic E-state index is 5.31. The van der Waals surface area contributed by atoms with Gasteiger partial charge in [0.1, 0.15) is 0 Å². The van der Waals surface area contributed by atoms with E-state index in [1.165, 1.54) is 0 Å². The first-order valence-corrected chi connectivity index (χ1v) is 10.0. The molecule has 2 heterocycles. The molecule has 2 aromatic carbocycles. The Kier molecular flexibility index (Phi) is 6.16. The molecule has 4 rings (SSSR count). The summed E-state index contributed by atoms with van der Waals surface area (Å²) in [5, 5.41) is 23.1. The Morgan fingerprint density at radius 2 is 1.10 bits per heavy atom. The van der Waals surface area contributed by atoms with Gasteiger partial charge in [0.05, 0.1) is 12.4 Å². The summed E-state index contributed by atoms with van der Waals surface area (Å²) in [7, 11) is 0. The van der Waals surface area contributed by atoms with Crippen molar-refractivity contribution in [2.45, 2.75) is 12.8 Å². The van der Waals surface area contributed by atoms with Crippen LogP contribution in [0.4, 0.5) is 0 Å². The van der Waals surface area contributed by atoms with Crippen LogP contribution in [0.15, 0.2) is 70.9 Å². The van der Waals surface area contributed by atoms with Gasteiger partial charge in [0.15, 0.2) is 11.6 Å². The van der Waals surface area contributed by atoms with Gasteiger partial charge in [-0.2, -0.15) is 29.8 Å². The third kappa shape index (κ3) is 4.73. The molecule has 2 aromatic heterocycles. The summed E-state index contributed by atoms with van der Waals surface area (Å²) in [6, 6.07) is 19.6. The van der Waals surface area contributed by atoms with Crippen LogP contribution in [0.5, 0.6) is 0 Å². The van der Waals surface area contributed by atoms with E-state index in [-0.39, 0.29) is 0 Å². The second-order valence-corrected chi connectivity index (χ2v) is 7.10. The van der Waals surface area contributed by atoms with Gasteiger partial charge in [0, 0.05) is 12.8 Å². The number of aromatic amines is 2. The van der Waals surface area contributed by atoms with E-state index in [0.29, 0.717) is 34.0 Å². The maximum atomic E-state index is 5.31. The molecule has 0 saturated heterocycles. The van der Waals surface area contributed by atoms with E-state index in [0.717, 1.165) is 11.1 Å². The van der Waals surface area contributed by atoms with Crippen molar-refractivity contribution in [2.24, 2.45) is 10.2 Å². The third-order valence-electron chi connectivity index (χ3n) is 4.25. The average molecular weight is 435 g/mol. The van der Waals surface area contributed by atoms with Gasteiger partial charge < -0.3 is 0 Å². The van der Waals surface area contributed by atoms with Crippen LogP contribution in [0.3, 0.4) is 0 Å². The molecule has 2 N–H and O–H groups in total. The first-order chi connectivity index (χ1) is 14.7. The van der Waals surface area contributed by atoms with Crippen LogP contribution in [0.2, 0.25) is 0 Å². The number of rotatable bonds is 7. The van der Waals surface area contributed by atoms with Gasteiger partial charge in [-0.3, -0.25) is 10.2 Å². The molecule has 0 aliphatic rings. The van der Waals surface area contributed by atoms with Crippen molar-refractivity contribution >= 4 is 36.9 Å². The third-order valence-corrected chi connectivity index (χ3v) is 4.78. The lowest BCUT2D eigenvalue weighted by atomic mass is 10.2. The van der Waals surface area contributed by atoms with Crippen molar-refractivity contribution in [1.82, 2.24) is 29.7 Å². The van der Waals surface area contributed by atoms with Gasteiger partial charge in [0.25, 0.3) is 0 Å². The number of aryl methyl sites for hydroxylation is 2. The van der Waals surface area contributed by atoms with Gasteiger partial charge >= 0.3 is 0 Å². The Balaban J connectivity index is 1.51. The van der Waals surface area contributed by atoms with Crippen molar-refractivity contribution in [2.75, 3.05) is 0 Å². The van der Waals surface area contributed by atoms with Gasteiger partial charge in [0.2, 0.25) is 9.54 Å². The second-order valence-electron chi connectivity index (χ2n) is 6.32. The molecule has 0 spiro atoms. The molecular weight excluding hydrogens is 416 g/mol. The maximum Gasteiger partial charge on any atom is 0.216 e. The van der Waals surface area contributed by atoms with Crippen LogP contribution < -0.4 is 0 Å². The van der Waals surface area contributed by atoms with E-state index in [9.17, 15) is 0 Å². The number of hydrogen-bond acceptors (Lipinski definition) is 6. The predicted octanol–water partition coefficient (Wildman–Crippen LogP) is 3.74. The highest BCUT2D eigenvalue weighted by Gasteiger charge is 2.10. The van der Waals surface area contributed by atoms with Gasteiger partial charge in [-0.1, -0.05) is 60.7 Å². The van der Waals surface area contributed by atoms with Crippen molar-refractivity contribution in [1.29, 1.82) is 0 Å². The highest BCUT2D eigenvalue weighted by Crippen LogP contribution is 2.07. The second kappa shape index (κ2) is 9.33. The summed E-state index contributed by atoms with van der Waals surface area (Å²) in [6.07, 6.45) is 4.60. The Morgan fingerprint density at radius 3 is 1.50 bits per heavy atom. The molecule has 0 saturated carbocycles. The Morgan fingerprint density at radius 1 is 0.700 bits per heavy atom. The lowest BCUT2D eigenvalue weighted by Crippen LogP contribution is -2.05. The van der Waals surface area contributed by atoms with Crippen molar-refractivity contribution in [3.8, 4) is 0 Å². The molecule has 0 aliphatic heterocycles. The average Bonchev–Trinajstić information content (AvgIpc) is 3.32. The summed E-state index contributed by atoms with van der Waals surface area (Å²) in [4.78, 5) is 0. The molecular formula is C20H18N8S2. The van der Waals surface area contributed by atoms with E-state index < -0.39 is 0 Å². The lowest BCUT2D eigenvalue weighted by molar-refractivity contribution is 0.699. The molecule has 0 unspecified atom stereocenters. The first-order valence-electron chi connectivity index (χ1n) is 9.22. The predicted molar refractivity (Wildman–Crippen MR) is 121 cm³/mol. The van der Waals surface area contributed by atoms with Crippen LogP contribution in [0.1, 0.15) is 22.8 Å². The SMILES string of the molecule is S=c1[nH]nc(CCc2n[nH]c(=S)n2/N=C/c2ccccc2)n1/N=C/c1ccccc1. The fourth-order valence-corrected chi connectivity index (χ4v) is 3.16. The smallest absolute Gasteiger partial charge is 0.216 e. The minimum atomic E-state index is 0.429. The van der Waals surface area contributed by atoms with E-state index in [4.69, 9.17) is 24.4 Å². The molecule has 0 bridgehead atoms. The van der Waals surface area contributed by atoms with E-state index >= 15 is 0 Å². The molecule has 0 radical (unpaired) electrons. The van der Waals surface area contributed by atoms with E-state index in [1.807, 2.05) is 60.7 Å². The molecule has 4 aromatic rings. The first kappa shape index (κ1) is 19.8. The number of benzene rings is 2. The molecule has 0 fully saturated rings. The normalized spacial score (nSPS) is 11.6. The van der Waals surface area contributed by atoms with Crippen LogP contribution >= 0.6 is 24.4 Å². The molecule has 150 valence electrons. The largest absolute Gasteiger partial charge is 0.250 e. The highest BCUT2D eigenvalue weighted by atomic mass is 32.1. The zero-order valence-corrected chi connectivity index (χ0v) is 17.5. The summed E-state index contributed by atoms with van der Waals surface area (Å²) in [5.74, 6) is 1.39. The number of nitrogens with zero attached hydrogens (tertiary/aromatic N) is 6. The zero-order chi connectivity index (χ0) is 20.8. The monoisotopic (exact) mass is 434 g/mol. The fourth-order valence-electron chi connectivity index (χ4n) is 2.76. The number of nitrogens with one attached hydrogen (secondary N) is 2. The summed E-state index contributed by atoms with van der Waals surface area (Å²) >= 11 is 10.6. The minimum absolute atomic E-state index is 0.429. The minimum Gasteiger partial charge on any atom is -0.250 e. The number of hydrogen-bond donors (Lipinski definition) is 2. The quantitative estimate of drug-likeness (QED) is 0.342. The molecule has 0 aliphatic carbocycles. The lowest BCUT2D eigenvalue weighted by Gasteiger charge is -2.02. The molecule has 8 nitrogen and oxygen atoms in total. The Bertz CT molecular complexity index is 1180. The number of H-pyrrole nitrogens is 2. The van der Waals surface area contributed by atoms with Crippen LogP contribution in [0.25, 0.3) is 0 Å². The molecule has 30 heavy (non-hydrogen) atoms. The standard InChI is InChI=1S/C20H18N8S2/c29-19-25-23-17(27(19)21-13-15-7-3-1-4-8-15)11-12-18-24-26-20(30)28(18)22-14-16-9-5-2-6-10-16/h1-10,13-14H,11-12H2,(H,25,29)(H,26,30)/b21-13+,22-14+. The van der Waals surface area contributed by atoms with Gasteiger partial charge in [-0.25, -0.2) is 0 Å².